The van der Waals surface area contributed by atoms with Gasteiger partial charge in [-0.25, -0.2) is 4.39 Å². The van der Waals surface area contributed by atoms with Crippen molar-refractivity contribution in [3.8, 4) is 0 Å². The van der Waals surface area contributed by atoms with Crippen molar-refractivity contribution < 1.29 is 9.50 Å². The first-order valence-electron chi connectivity index (χ1n) is 6.31. The van der Waals surface area contributed by atoms with Gasteiger partial charge in [0, 0.05) is 12.0 Å². The van der Waals surface area contributed by atoms with E-state index in [-0.39, 0.29) is 5.82 Å². The maximum atomic E-state index is 13.8. The summed E-state index contributed by atoms with van der Waals surface area (Å²) in [5, 5.41) is 10.1. The molecule has 2 rings (SSSR count). The van der Waals surface area contributed by atoms with Crippen LogP contribution in [-0.2, 0) is 6.42 Å². The van der Waals surface area contributed by atoms with E-state index in [9.17, 15) is 9.50 Å². The highest BCUT2D eigenvalue weighted by Crippen LogP contribution is 2.21. The molecule has 2 atom stereocenters. The molecule has 3 N–H and O–H groups in total. The molecular weight excluding hydrogens is 241 g/mol. The average molecular weight is 259 g/mol. The Morgan fingerprint density at radius 3 is 2.47 bits per heavy atom. The van der Waals surface area contributed by atoms with Gasteiger partial charge in [-0.3, -0.25) is 0 Å². The Labute approximate surface area is 112 Å². The fraction of sp³-hybridized carbons (Fsp3) is 0.250. The van der Waals surface area contributed by atoms with Crippen LogP contribution in [0.4, 0.5) is 4.39 Å². The molecule has 0 aliphatic carbocycles. The Bertz CT molecular complexity index is 542. The van der Waals surface area contributed by atoms with Gasteiger partial charge in [0.05, 0.1) is 12.1 Å². The van der Waals surface area contributed by atoms with Crippen molar-refractivity contribution >= 4 is 0 Å². The number of aryl methyl sites for hydroxylation is 1. The molecule has 0 amide bonds. The second kappa shape index (κ2) is 5.95. The van der Waals surface area contributed by atoms with Gasteiger partial charge in [0.1, 0.15) is 5.82 Å². The molecule has 2 aromatic rings. The van der Waals surface area contributed by atoms with Gasteiger partial charge in [0.2, 0.25) is 0 Å². The zero-order chi connectivity index (χ0) is 13.8. The molecule has 2 nitrogen and oxygen atoms in total. The third-order valence-electron chi connectivity index (χ3n) is 3.22. The zero-order valence-corrected chi connectivity index (χ0v) is 10.9. The number of aliphatic hydroxyl groups is 1. The number of hydrogen-bond acceptors (Lipinski definition) is 2. The quantitative estimate of drug-likeness (QED) is 0.887. The SMILES string of the molecule is Cc1ccc([C@@H](N)[C@@H](O)Cc2ccccc2)c(F)c1. The van der Waals surface area contributed by atoms with Gasteiger partial charge in [-0.2, -0.15) is 0 Å². The highest BCUT2D eigenvalue weighted by molar-refractivity contribution is 5.27. The number of halogens is 1. The molecule has 0 unspecified atom stereocenters. The van der Waals surface area contributed by atoms with Crippen LogP contribution in [0.1, 0.15) is 22.7 Å². The normalized spacial score (nSPS) is 14.1. The third kappa shape index (κ3) is 3.40. The van der Waals surface area contributed by atoms with E-state index in [1.807, 2.05) is 37.3 Å². The summed E-state index contributed by atoms with van der Waals surface area (Å²) in [5.74, 6) is -0.361. The first-order chi connectivity index (χ1) is 9.08. The smallest absolute Gasteiger partial charge is 0.128 e. The lowest BCUT2D eigenvalue weighted by Gasteiger charge is -2.20. The highest BCUT2D eigenvalue weighted by Gasteiger charge is 2.20. The van der Waals surface area contributed by atoms with E-state index in [2.05, 4.69) is 0 Å². The first kappa shape index (κ1) is 13.7. The van der Waals surface area contributed by atoms with E-state index in [1.165, 1.54) is 6.07 Å². The van der Waals surface area contributed by atoms with Crippen molar-refractivity contribution in [2.24, 2.45) is 5.73 Å². The summed E-state index contributed by atoms with van der Waals surface area (Å²) in [6.07, 6.45) is -0.394. The van der Waals surface area contributed by atoms with E-state index >= 15 is 0 Å². The zero-order valence-electron chi connectivity index (χ0n) is 10.9. The first-order valence-corrected chi connectivity index (χ1v) is 6.31. The van der Waals surface area contributed by atoms with Crippen LogP contribution in [0.2, 0.25) is 0 Å². The largest absolute Gasteiger partial charge is 0.391 e. The van der Waals surface area contributed by atoms with Crippen LogP contribution in [0.15, 0.2) is 48.5 Å². The Hall–Kier alpha value is -1.71. The van der Waals surface area contributed by atoms with Gasteiger partial charge < -0.3 is 10.8 Å². The molecule has 100 valence electrons. The predicted molar refractivity (Wildman–Crippen MR) is 74.2 cm³/mol. The van der Waals surface area contributed by atoms with Crippen LogP contribution < -0.4 is 5.73 Å². The Morgan fingerprint density at radius 1 is 1.16 bits per heavy atom. The molecule has 2 aromatic carbocycles. The van der Waals surface area contributed by atoms with Crippen molar-refractivity contribution in [3.63, 3.8) is 0 Å². The summed E-state index contributed by atoms with van der Waals surface area (Å²) in [5.41, 5.74) is 8.13. The average Bonchev–Trinajstić information content (AvgIpc) is 2.39. The molecule has 0 aliphatic heterocycles. The second-order valence-electron chi connectivity index (χ2n) is 4.81. The molecule has 0 saturated carbocycles. The molecule has 0 aromatic heterocycles. The summed E-state index contributed by atoms with van der Waals surface area (Å²) in [4.78, 5) is 0. The van der Waals surface area contributed by atoms with Crippen molar-refractivity contribution in [2.45, 2.75) is 25.5 Å². The van der Waals surface area contributed by atoms with Gasteiger partial charge in [-0.1, -0.05) is 42.5 Å². The molecule has 0 spiro atoms. The topological polar surface area (TPSA) is 46.2 Å². The third-order valence-corrected chi connectivity index (χ3v) is 3.22. The molecule has 0 aliphatic rings. The summed E-state index contributed by atoms with van der Waals surface area (Å²) in [7, 11) is 0. The molecule has 0 saturated heterocycles. The van der Waals surface area contributed by atoms with E-state index in [0.717, 1.165) is 11.1 Å². The molecule has 3 heteroatoms. The van der Waals surface area contributed by atoms with E-state index in [4.69, 9.17) is 5.73 Å². The fourth-order valence-electron chi connectivity index (χ4n) is 2.09. The highest BCUT2D eigenvalue weighted by atomic mass is 19.1. The molecule has 0 radical (unpaired) electrons. The minimum Gasteiger partial charge on any atom is -0.391 e. The minimum atomic E-state index is -0.806. The molecule has 19 heavy (non-hydrogen) atoms. The number of rotatable bonds is 4. The van der Waals surface area contributed by atoms with Gasteiger partial charge in [-0.05, 0) is 24.1 Å². The lowest BCUT2D eigenvalue weighted by atomic mass is 9.96. The predicted octanol–water partition coefficient (Wildman–Crippen LogP) is 2.74. The van der Waals surface area contributed by atoms with Crippen molar-refractivity contribution in [3.05, 3.63) is 71.0 Å². The van der Waals surface area contributed by atoms with Crippen molar-refractivity contribution in [1.82, 2.24) is 0 Å². The number of benzene rings is 2. The standard InChI is InChI=1S/C16H18FNO/c1-11-7-8-13(14(17)9-11)16(18)15(19)10-12-5-3-2-4-6-12/h2-9,15-16,19H,10,18H2,1H3/t15-,16+/m0/s1. The fourth-order valence-corrected chi connectivity index (χ4v) is 2.09. The van der Waals surface area contributed by atoms with Crippen molar-refractivity contribution in [2.75, 3.05) is 0 Å². The van der Waals surface area contributed by atoms with Crippen LogP contribution in [-0.4, -0.2) is 11.2 Å². The number of nitrogens with two attached hydrogens (primary N) is 1. The molecule has 0 heterocycles. The summed E-state index contributed by atoms with van der Waals surface area (Å²) < 4.78 is 13.8. The minimum absolute atomic E-state index is 0.356. The molecular formula is C16H18FNO. The van der Waals surface area contributed by atoms with Gasteiger partial charge in [-0.15, -0.1) is 0 Å². The van der Waals surface area contributed by atoms with E-state index in [0.29, 0.717) is 12.0 Å². The van der Waals surface area contributed by atoms with E-state index < -0.39 is 12.1 Å². The Morgan fingerprint density at radius 2 is 1.84 bits per heavy atom. The molecule has 0 fully saturated rings. The monoisotopic (exact) mass is 259 g/mol. The Balaban J connectivity index is 2.12. The second-order valence-corrected chi connectivity index (χ2v) is 4.81. The summed E-state index contributed by atoms with van der Waals surface area (Å²) >= 11 is 0. The number of hydrogen-bond donors (Lipinski definition) is 2. The van der Waals surface area contributed by atoms with Crippen LogP contribution in [0, 0.1) is 12.7 Å². The lowest BCUT2D eigenvalue weighted by Crippen LogP contribution is -2.29. The lowest BCUT2D eigenvalue weighted by molar-refractivity contribution is 0.143. The van der Waals surface area contributed by atoms with Gasteiger partial charge in [0.25, 0.3) is 0 Å². The van der Waals surface area contributed by atoms with Crippen LogP contribution in [0.3, 0.4) is 0 Å². The van der Waals surface area contributed by atoms with Gasteiger partial charge >= 0.3 is 0 Å². The molecule has 0 bridgehead atoms. The maximum absolute atomic E-state index is 13.8. The summed E-state index contributed by atoms with van der Waals surface area (Å²) in [6.45, 7) is 1.82. The maximum Gasteiger partial charge on any atom is 0.128 e. The Kier molecular flexibility index (Phi) is 4.30. The van der Waals surface area contributed by atoms with Crippen LogP contribution in [0.25, 0.3) is 0 Å². The van der Waals surface area contributed by atoms with E-state index in [1.54, 1.807) is 12.1 Å². The van der Waals surface area contributed by atoms with Crippen LogP contribution >= 0.6 is 0 Å². The number of aliphatic hydroxyl groups excluding tert-OH is 1. The van der Waals surface area contributed by atoms with Gasteiger partial charge in [0.15, 0.2) is 0 Å². The van der Waals surface area contributed by atoms with Crippen LogP contribution in [0.5, 0.6) is 0 Å². The summed E-state index contributed by atoms with van der Waals surface area (Å²) in [6, 6.07) is 13.7. The van der Waals surface area contributed by atoms with Crippen molar-refractivity contribution in [1.29, 1.82) is 0 Å².